The Morgan fingerprint density at radius 3 is 2.53 bits per heavy atom. The van der Waals surface area contributed by atoms with Crippen LogP contribution in [-0.2, 0) is 11.2 Å². The number of carbonyl (C=O) groups is 2. The van der Waals surface area contributed by atoms with E-state index in [0.717, 1.165) is 21.7 Å². The summed E-state index contributed by atoms with van der Waals surface area (Å²) in [6.45, 7) is 2.42. The van der Waals surface area contributed by atoms with Crippen molar-refractivity contribution >= 4 is 45.5 Å². The van der Waals surface area contributed by atoms with Crippen LogP contribution in [0.1, 0.15) is 15.4 Å². The van der Waals surface area contributed by atoms with E-state index < -0.39 is 0 Å². The number of ether oxygens (including phenoxy) is 1. The molecular weight excluding hydrogens is 450 g/mol. The highest BCUT2D eigenvalue weighted by Gasteiger charge is 2.29. The minimum atomic E-state index is -0.220. The van der Waals surface area contributed by atoms with Gasteiger partial charge in [-0.3, -0.25) is 9.59 Å². The molecule has 8 heteroatoms. The van der Waals surface area contributed by atoms with Crippen molar-refractivity contribution in [3.8, 4) is 5.75 Å². The first-order valence-corrected chi connectivity index (χ1v) is 12.0. The van der Waals surface area contributed by atoms with Crippen LogP contribution in [0, 0.1) is 0 Å². The largest absolute Gasteiger partial charge is 0.495 e. The van der Waals surface area contributed by atoms with E-state index in [9.17, 15) is 9.59 Å². The molecule has 2 amide bonds. The first-order chi connectivity index (χ1) is 16.6. The van der Waals surface area contributed by atoms with Crippen LogP contribution < -0.4 is 15.0 Å². The summed E-state index contributed by atoms with van der Waals surface area (Å²) in [6, 6.07) is 19.1. The van der Waals surface area contributed by atoms with Gasteiger partial charge >= 0.3 is 0 Å². The SMILES string of the molecule is COc1ccccc1N1CCN(C(=O)c2oc3ccccc3c2NC(=O)Cc2cccs2)CC1. The molecule has 34 heavy (non-hydrogen) atoms. The summed E-state index contributed by atoms with van der Waals surface area (Å²) in [7, 11) is 1.66. The number of fused-ring (bicyclic) bond motifs is 1. The van der Waals surface area contributed by atoms with Crippen LogP contribution in [0.2, 0.25) is 0 Å². The fourth-order valence-electron chi connectivity index (χ4n) is 4.26. The number of methoxy groups -OCH3 is 1. The normalized spacial score (nSPS) is 13.8. The third-order valence-corrected chi connectivity index (χ3v) is 6.84. The van der Waals surface area contributed by atoms with Crippen molar-refractivity contribution in [3.63, 3.8) is 0 Å². The van der Waals surface area contributed by atoms with Gasteiger partial charge in [-0.25, -0.2) is 0 Å². The lowest BCUT2D eigenvalue weighted by atomic mass is 10.2. The monoisotopic (exact) mass is 475 g/mol. The van der Waals surface area contributed by atoms with Gasteiger partial charge in [0.15, 0.2) is 0 Å². The number of nitrogens with zero attached hydrogens (tertiary/aromatic N) is 2. The molecule has 1 aliphatic heterocycles. The molecule has 0 radical (unpaired) electrons. The van der Waals surface area contributed by atoms with Gasteiger partial charge in [-0.15, -0.1) is 11.3 Å². The van der Waals surface area contributed by atoms with Gasteiger partial charge in [0.2, 0.25) is 11.7 Å². The minimum absolute atomic E-state index is 0.173. The smallest absolute Gasteiger partial charge is 0.291 e. The summed E-state index contributed by atoms with van der Waals surface area (Å²) in [5.41, 5.74) is 2.03. The van der Waals surface area contributed by atoms with E-state index in [2.05, 4.69) is 10.2 Å². The van der Waals surface area contributed by atoms with E-state index >= 15 is 0 Å². The van der Waals surface area contributed by atoms with E-state index in [1.165, 1.54) is 11.3 Å². The standard InChI is InChI=1S/C26H25N3O4S/c1-32-22-11-5-3-9-20(22)28-12-14-29(15-13-28)26(31)25-24(19-8-2-4-10-21(19)33-25)27-23(30)17-18-7-6-16-34-18/h2-11,16H,12-15,17H2,1H3,(H,27,30). The van der Waals surface area contributed by atoms with Crippen molar-refractivity contribution in [2.24, 2.45) is 0 Å². The number of nitrogens with one attached hydrogen (secondary N) is 1. The second-order valence-electron chi connectivity index (χ2n) is 8.06. The summed E-state index contributed by atoms with van der Waals surface area (Å²) < 4.78 is 11.5. The summed E-state index contributed by atoms with van der Waals surface area (Å²) in [4.78, 5) is 31.2. The second kappa shape index (κ2) is 9.61. The number of hydrogen-bond donors (Lipinski definition) is 1. The van der Waals surface area contributed by atoms with Gasteiger partial charge in [-0.2, -0.15) is 0 Å². The lowest BCUT2D eigenvalue weighted by Gasteiger charge is -2.36. The number of hydrogen-bond acceptors (Lipinski definition) is 6. The van der Waals surface area contributed by atoms with E-state index in [-0.39, 0.29) is 24.0 Å². The van der Waals surface area contributed by atoms with Crippen molar-refractivity contribution in [3.05, 3.63) is 76.7 Å². The molecule has 1 saturated heterocycles. The molecular formula is C26H25N3O4S. The van der Waals surface area contributed by atoms with Gasteiger partial charge in [0, 0.05) is 36.4 Å². The number of para-hydroxylation sites is 3. The number of anilines is 2. The Bertz CT molecular complexity index is 1310. The van der Waals surface area contributed by atoms with E-state index in [4.69, 9.17) is 9.15 Å². The highest BCUT2D eigenvalue weighted by atomic mass is 32.1. The predicted octanol–water partition coefficient (Wildman–Crippen LogP) is 4.65. The van der Waals surface area contributed by atoms with Gasteiger partial charge in [-0.1, -0.05) is 30.3 Å². The van der Waals surface area contributed by atoms with Crippen LogP contribution in [0.3, 0.4) is 0 Å². The predicted molar refractivity (Wildman–Crippen MR) is 134 cm³/mol. The molecule has 0 bridgehead atoms. The van der Waals surface area contributed by atoms with E-state index in [0.29, 0.717) is 37.4 Å². The first-order valence-electron chi connectivity index (χ1n) is 11.1. The van der Waals surface area contributed by atoms with Gasteiger partial charge in [0.1, 0.15) is 17.0 Å². The highest BCUT2D eigenvalue weighted by Crippen LogP contribution is 2.33. The molecule has 0 atom stereocenters. The maximum absolute atomic E-state index is 13.5. The molecule has 0 unspecified atom stereocenters. The van der Waals surface area contributed by atoms with Crippen LogP contribution in [0.25, 0.3) is 11.0 Å². The van der Waals surface area contributed by atoms with Crippen LogP contribution >= 0.6 is 11.3 Å². The zero-order valence-corrected chi connectivity index (χ0v) is 19.6. The third-order valence-electron chi connectivity index (χ3n) is 5.96. The number of furan rings is 1. The topological polar surface area (TPSA) is 75.0 Å². The van der Waals surface area contributed by atoms with Crippen molar-refractivity contribution in [1.82, 2.24) is 4.90 Å². The molecule has 1 aliphatic rings. The highest BCUT2D eigenvalue weighted by molar-refractivity contribution is 7.10. The third kappa shape index (κ3) is 4.36. The number of benzene rings is 2. The summed E-state index contributed by atoms with van der Waals surface area (Å²) in [5, 5.41) is 5.60. The number of thiophene rings is 1. The molecule has 0 spiro atoms. The Hall–Kier alpha value is -3.78. The molecule has 1 N–H and O–H groups in total. The summed E-state index contributed by atoms with van der Waals surface area (Å²) in [5.74, 6) is 0.591. The van der Waals surface area contributed by atoms with Gasteiger partial charge in [0.05, 0.1) is 19.2 Å². The van der Waals surface area contributed by atoms with Crippen molar-refractivity contribution in [2.45, 2.75) is 6.42 Å². The molecule has 0 aliphatic carbocycles. The number of rotatable bonds is 6. The molecule has 4 aromatic rings. The zero-order chi connectivity index (χ0) is 23.5. The fourth-order valence-corrected chi connectivity index (χ4v) is 4.96. The van der Waals surface area contributed by atoms with Crippen LogP contribution in [0.15, 0.2) is 70.5 Å². The molecule has 0 saturated carbocycles. The van der Waals surface area contributed by atoms with Crippen LogP contribution in [-0.4, -0.2) is 50.0 Å². The van der Waals surface area contributed by atoms with Gasteiger partial charge in [0.25, 0.3) is 5.91 Å². The number of carbonyl (C=O) groups excluding carboxylic acids is 2. The molecule has 174 valence electrons. The molecule has 1 fully saturated rings. The van der Waals surface area contributed by atoms with Crippen LogP contribution in [0.4, 0.5) is 11.4 Å². The molecule has 2 aromatic carbocycles. The molecule has 5 rings (SSSR count). The van der Waals surface area contributed by atoms with Crippen molar-refractivity contribution < 1.29 is 18.7 Å². The minimum Gasteiger partial charge on any atom is -0.495 e. The zero-order valence-electron chi connectivity index (χ0n) is 18.8. The maximum Gasteiger partial charge on any atom is 0.291 e. The van der Waals surface area contributed by atoms with E-state index in [1.54, 1.807) is 18.1 Å². The summed E-state index contributed by atoms with van der Waals surface area (Å²) in [6.07, 6.45) is 0.252. The molecule has 7 nitrogen and oxygen atoms in total. The Balaban J connectivity index is 1.35. The van der Waals surface area contributed by atoms with Crippen LogP contribution in [0.5, 0.6) is 5.75 Å². The number of amides is 2. The quantitative estimate of drug-likeness (QED) is 0.440. The van der Waals surface area contributed by atoms with Crippen molar-refractivity contribution in [2.75, 3.05) is 43.5 Å². The van der Waals surface area contributed by atoms with Crippen molar-refractivity contribution in [1.29, 1.82) is 0 Å². The Kier molecular flexibility index (Phi) is 6.22. The average molecular weight is 476 g/mol. The molecule has 2 aromatic heterocycles. The van der Waals surface area contributed by atoms with E-state index in [1.807, 2.05) is 60.0 Å². The Morgan fingerprint density at radius 2 is 1.76 bits per heavy atom. The summed E-state index contributed by atoms with van der Waals surface area (Å²) >= 11 is 1.53. The first kappa shape index (κ1) is 22.0. The maximum atomic E-state index is 13.5. The number of piperazine rings is 1. The second-order valence-corrected chi connectivity index (χ2v) is 9.09. The van der Waals surface area contributed by atoms with Gasteiger partial charge in [-0.05, 0) is 35.7 Å². The molecule has 3 heterocycles. The lowest BCUT2D eigenvalue weighted by molar-refractivity contribution is -0.115. The fraction of sp³-hybridized carbons (Fsp3) is 0.231. The van der Waals surface area contributed by atoms with Gasteiger partial charge < -0.3 is 24.3 Å². The average Bonchev–Trinajstić information content (AvgIpc) is 3.52. The Morgan fingerprint density at radius 1 is 1.00 bits per heavy atom. The Labute approximate surface area is 201 Å². The lowest BCUT2D eigenvalue weighted by Crippen LogP contribution is -2.49.